The number of benzene rings is 1. The highest BCUT2D eigenvalue weighted by Crippen LogP contribution is 2.18. The van der Waals surface area contributed by atoms with Crippen molar-refractivity contribution in [1.82, 2.24) is 10.2 Å². The molecule has 7 nitrogen and oxygen atoms in total. The van der Waals surface area contributed by atoms with Gasteiger partial charge >= 0.3 is 11.9 Å². The Morgan fingerprint density at radius 3 is 2.28 bits per heavy atom. The lowest BCUT2D eigenvalue weighted by molar-refractivity contribution is -0.147. The van der Waals surface area contributed by atoms with Gasteiger partial charge < -0.3 is 14.8 Å². The third-order valence-electron chi connectivity index (χ3n) is 4.35. The van der Waals surface area contributed by atoms with Crippen LogP contribution in [0.2, 0.25) is 0 Å². The van der Waals surface area contributed by atoms with Crippen molar-refractivity contribution >= 4 is 17.8 Å². The molecule has 7 heteroatoms. The van der Waals surface area contributed by atoms with Crippen LogP contribution >= 0.6 is 0 Å². The lowest BCUT2D eigenvalue weighted by Gasteiger charge is -2.29. The number of methoxy groups -OCH3 is 2. The maximum atomic E-state index is 12.1. The van der Waals surface area contributed by atoms with Crippen LogP contribution in [-0.4, -0.2) is 56.6 Å². The molecule has 0 spiro atoms. The van der Waals surface area contributed by atoms with Crippen LogP contribution in [0.5, 0.6) is 0 Å². The van der Waals surface area contributed by atoms with Crippen molar-refractivity contribution < 1.29 is 23.9 Å². The number of hydrogen-bond donors (Lipinski definition) is 1. The van der Waals surface area contributed by atoms with Crippen molar-refractivity contribution in [2.45, 2.75) is 19.4 Å². The minimum atomic E-state index is -0.383. The molecule has 0 atom stereocenters. The fourth-order valence-electron chi connectivity index (χ4n) is 2.83. The summed E-state index contributed by atoms with van der Waals surface area (Å²) < 4.78 is 9.40. The van der Waals surface area contributed by atoms with Crippen molar-refractivity contribution in [3.05, 3.63) is 35.4 Å². The van der Waals surface area contributed by atoms with Gasteiger partial charge in [-0.2, -0.15) is 0 Å². The van der Waals surface area contributed by atoms with Crippen molar-refractivity contribution in [2.24, 2.45) is 5.92 Å². The highest BCUT2D eigenvalue weighted by molar-refractivity contribution is 5.89. The summed E-state index contributed by atoms with van der Waals surface area (Å²) in [6, 6.07) is 6.92. The number of nitrogens with zero attached hydrogens (tertiary/aromatic N) is 1. The summed E-state index contributed by atoms with van der Waals surface area (Å²) in [6.07, 6.45) is 1.43. The molecular formula is C18H24N2O5. The lowest BCUT2D eigenvalue weighted by atomic mass is 9.97. The Morgan fingerprint density at radius 2 is 1.72 bits per heavy atom. The number of carbonyl (C=O) groups excluding carboxylic acids is 3. The van der Waals surface area contributed by atoms with E-state index in [-0.39, 0.29) is 23.8 Å². The molecule has 1 fully saturated rings. The highest BCUT2D eigenvalue weighted by Gasteiger charge is 2.26. The molecule has 1 aliphatic heterocycles. The summed E-state index contributed by atoms with van der Waals surface area (Å²) in [5.41, 5.74) is 1.39. The van der Waals surface area contributed by atoms with E-state index in [1.807, 2.05) is 4.90 Å². The third kappa shape index (κ3) is 5.56. The van der Waals surface area contributed by atoms with E-state index in [4.69, 9.17) is 4.74 Å². The van der Waals surface area contributed by atoms with Gasteiger partial charge in [-0.25, -0.2) is 4.79 Å². The molecule has 0 aromatic heterocycles. The fraction of sp³-hybridized carbons (Fsp3) is 0.500. The Kier molecular flexibility index (Phi) is 6.94. The van der Waals surface area contributed by atoms with Gasteiger partial charge in [-0.3, -0.25) is 14.5 Å². The third-order valence-corrected chi connectivity index (χ3v) is 4.35. The van der Waals surface area contributed by atoms with Crippen molar-refractivity contribution in [3.8, 4) is 0 Å². The van der Waals surface area contributed by atoms with Crippen LogP contribution in [0.4, 0.5) is 0 Å². The molecule has 0 radical (unpaired) electrons. The van der Waals surface area contributed by atoms with Crippen LogP contribution in [0.3, 0.4) is 0 Å². The first-order valence-corrected chi connectivity index (χ1v) is 8.27. The Bertz CT molecular complexity index is 606. The van der Waals surface area contributed by atoms with Gasteiger partial charge in [-0.05, 0) is 43.6 Å². The van der Waals surface area contributed by atoms with E-state index >= 15 is 0 Å². The van der Waals surface area contributed by atoms with Gasteiger partial charge in [0.25, 0.3) is 0 Å². The van der Waals surface area contributed by atoms with Crippen LogP contribution < -0.4 is 5.32 Å². The number of amides is 1. The first-order chi connectivity index (χ1) is 12.0. The summed E-state index contributed by atoms with van der Waals surface area (Å²) in [6.45, 7) is 2.13. The van der Waals surface area contributed by atoms with Gasteiger partial charge in [0.05, 0.1) is 32.2 Å². The van der Waals surface area contributed by atoms with Crippen LogP contribution in [0, 0.1) is 5.92 Å². The normalized spacial score (nSPS) is 15.4. The maximum absolute atomic E-state index is 12.1. The Hall–Kier alpha value is -2.41. The molecular weight excluding hydrogens is 324 g/mol. The van der Waals surface area contributed by atoms with Gasteiger partial charge in [0.2, 0.25) is 5.91 Å². The first-order valence-electron chi connectivity index (χ1n) is 8.27. The monoisotopic (exact) mass is 348 g/mol. The van der Waals surface area contributed by atoms with E-state index in [2.05, 4.69) is 10.1 Å². The largest absolute Gasteiger partial charge is 0.469 e. The molecule has 1 aliphatic rings. The molecule has 0 bridgehead atoms. The predicted molar refractivity (Wildman–Crippen MR) is 90.8 cm³/mol. The lowest BCUT2D eigenvalue weighted by Crippen LogP contribution is -2.42. The predicted octanol–water partition coefficient (Wildman–Crippen LogP) is 0.974. The Labute approximate surface area is 147 Å². The zero-order chi connectivity index (χ0) is 18.2. The maximum Gasteiger partial charge on any atom is 0.337 e. The molecule has 1 heterocycles. The SMILES string of the molecule is COC(=O)c1ccc(CNC(=O)CN2CCC(C(=O)OC)CC2)cc1. The first kappa shape index (κ1) is 18.9. The summed E-state index contributed by atoms with van der Waals surface area (Å²) in [4.78, 5) is 37.0. The minimum Gasteiger partial charge on any atom is -0.469 e. The number of carbonyl (C=O) groups is 3. The number of rotatable bonds is 6. The molecule has 0 aliphatic carbocycles. The van der Waals surface area contributed by atoms with E-state index in [0.717, 1.165) is 18.4 Å². The molecule has 1 amide bonds. The van der Waals surface area contributed by atoms with E-state index in [9.17, 15) is 14.4 Å². The molecule has 0 saturated carbocycles. The Morgan fingerprint density at radius 1 is 1.08 bits per heavy atom. The highest BCUT2D eigenvalue weighted by atomic mass is 16.5. The van der Waals surface area contributed by atoms with Crippen LogP contribution in [0.25, 0.3) is 0 Å². The number of hydrogen-bond acceptors (Lipinski definition) is 6. The average molecular weight is 348 g/mol. The second-order valence-corrected chi connectivity index (χ2v) is 6.04. The summed E-state index contributed by atoms with van der Waals surface area (Å²) >= 11 is 0. The van der Waals surface area contributed by atoms with E-state index in [1.54, 1.807) is 24.3 Å². The summed E-state index contributed by atoms with van der Waals surface area (Å²) in [7, 11) is 2.74. The molecule has 1 saturated heterocycles. The molecule has 25 heavy (non-hydrogen) atoms. The molecule has 1 N–H and O–H groups in total. The van der Waals surface area contributed by atoms with Gasteiger partial charge in [-0.15, -0.1) is 0 Å². The molecule has 136 valence electrons. The second-order valence-electron chi connectivity index (χ2n) is 6.04. The van der Waals surface area contributed by atoms with E-state index in [1.165, 1.54) is 14.2 Å². The number of esters is 2. The molecule has 1 aromatic rings. The van der Waals surface area contributed by atoms with Gasteiger partial charge in [0.1, 0.15) is 0 Å². The Balaban J connectivity index is 1.72. The zero-order valence-electron chi connectivity index (χ0n) is 14.6. The van der Waals surface area contributed by atoms with Crippen LogP contribution in [0.15, 0.2) is 24.3 Å². The molecule has 0 unspecified atom stereocenters. The number of piperidine rings is 1. The second kappa shape index (κ2) is 9.17. The van der Waals surface area contributed by atoms with Gasteiger partial charge in [0.15, 0.2) is 0 Å². The molecule has 2 rings (SSSR count). The number of ether oxygens (including phenoxy) is 2. The van der Waals surface area contributed by atoms with Crippen LogP contribution in [-0.2, 0) is 25.6 Å². The topological polar surface area (TPSA) is 84.9 Å². The zero-order valence-corrected chi connectivity index (χ0v) is 14.6. The number of nitrogens with one attached hydrogen (secondary N) is 1. The number of likely N-dealkylation sites (tertiary alicyclic amines) is 1. The van der Waals surface area contributed by atoms with Crippen LogP contribution in [0.1, 0.15) is 28.8 Å². The van der Waals surface area contributed by atoms with E-state index in [0.29, 0.717) is 31.7 Å². The standard InChI is InChI=1S/C18H24N2O5/c1-24-17(22)14-5-3-13(4-6-14)11-19-16(21)12-20-9-7-15(8-10-20)18(23)25-2/h3-6,15H,7-12H2,1-2H3,(H,19,21). The van der Waals surface area contributed by atoms with Crippen molar-refractivity contribution in [1.29, 1.82) is 0 Å². The average Bonchev–Trinajstić information content (AvgIpc) is 2.66. The quantitative estimate of drug-likeness (QED) is 0.771. The fourth-order valence-corrected chi connectivity index (χ4v) is 2.83. The van der Waals surface area contributed by atoms with Gasteiger partial charge in [-0.1, -0.05) is 12.1 Å². The minimum absolute atomic E-state index is 0.0577. The molecule has 1 aromatic carbocycles. The van der Waals surface area contributed by atoms with E-state index < -0.39 is 0 Å². The van der Waals surface area contributed by atoms with Crippen molar-refractivity contribution in [2.75, 3.05) is 33.9 Å². The van der Waals surface area contributed by atoms with Gasteiger partial charge in [0, 0.05) is 6.54 Å². The van der Waals surface area contributed by atoms with Crippen molar-refractivity contribution in [3.63, 3.8) is 0 Å². The summed E-state index contributed by atoms with van der Waals surface area (Å²) in [5, 5.41) is 2.87. The smallest absolute Gasteiger partial charge is 0.337 e. The summed E-state index contributed by atoms with van der Waals surface area (Å²) in [5.74, 6) is -0.670.